The number of imidazole rings is 1. The number of nitrogens with zero attached hydrogens (tertiary/aromatic N) is 4. The molecule has 2 fully saturated rings. The zero-order valence-electron chi connectivity index (χ0n) is 24.0. The molecule has 4 rings (SSSR count). The van der Waals surface area contributed by atoms with E-state index in [2.05, 4.69) is 25.4 Å². The number of amides is 2. The van der Waals surface area contributed by atoms with Crippen molar-refractivity contribution in [2.75, 3.05) is 19.5 Å². The number of aromatic nitrogens is 4. The lowest BCUT2D eigenvalue weighted by molar-refractivity contribution is -0.149. The zero-order valence-corrected chi connectivity index (χ0v) is 25.7. The van der Waals surface area contributed by atoms with Gasteiger partial charge in [-0.2, -0.15) is 4.98 Å². The van der Waals surface area contributed by atoms with Crippen molar-refractivity contribution in [1.29, 1.82) is 0 Å². The van der Waals surface area contributed by atoms with E-state index in [4.69, 9.17) is 18.7 Å². The summed E-state index contributed by atoms with van der Waals surface area (Å²) >= 11 is 0.738. The molecule has 2 saturated heterocycles. The van der Waals surface area contributed by atoms with Gasteiger partial charge in [-0.3, -0.25) is 28.8 Å². The van der Waals surface area contributed by atoms with Gasteiger partial charge in [0.15, 0.2) is 17.4 Å². The first-order valence-electron chi connectivity index (χ1n) is 13.2. The quantitative estimate of drug-likeness (QED) is 0.144. The summed E-state index contributed by atoms with van der Waals surface area (Å²) in [5, 5.41) is 27.1. The first-order valence-corrected chi connectivity index (χ1v) is 16.4. The molecule has 18 heteroatoms. The number of hydrogen-bond donors (Lipinski definition) is 4. The molecule has 0 spiro atoms. The molecule has 7 atom stereocenters. The molecular formula is C24H35N6O10PS. The smallest absolute Gasteiger partial charge is 0.327 e. The Morgan fingerprint density at radius 2 is 2.07 bits per heavy atom. The number of esters is 1. The van der Waals surface area contributed by atoms with Crippen LogP contribution in [0.3, 0.4) is 0 Å². The molecule has 232 valence electrons. The van der Waals surface area contributed by atoms with E-state index in [1.165, 1.54) is 31.9 Å². The van der Waals surface area contributed by atoms with Gasteiger partial charge in [0.1, 0.15) is 29.7 Å². The van der Waals surface area contributed by atoms with Gasteiger partial charge in [-0.15, -0.1) is 0 Å². The van der Waals surface area contributed by atoms with Gasteiger partial charge < -0.3 is 28.9 Å². The number of aryl methyl sites for hydroxylation is 1. The van der Waals surface area contributed by atoms with Crippen LogP contribution in [-0.4, -0.2) is 96.9 Å². The average Bonchev–Trinajstić information content (AvgIpc) is 3.53. The van der Waals surface area contributed by atoms with E-state index < -0.39 is 73.2 Å². The number of aliphatic hydroxyl groups is 2. The molecular weight excluding hydrogens is 595 g/mol. The predicted octanol–water partition coefficient (Wildman–Crippen LogP) is 0.603. The molecule has 0 saturated carbocycles. The molecule has 42 heavy (non-hydrogen) atoms. The molecule has 0 bridgehead atoms. The van der Waals surface area contributed by atoms with Crippen molar-refractivity contribution in [3.8, 4) is 5.88 Å². The summed E-state index contributed by atoms with van der Waals surface area (Å²) in [4.78, 5) is 48.9. The van der Waals surface area contributed by atoms with Gasteiger partial charge in [0.2, 0.25) is 17.7 Å². The first-order chi connectivity index (χ1) is 19.6. The second-order valence-electron chi connectivity index (χ2n) is 10.5. The third kappa shape index (κ3) is 6.77. The van der Waals surface area contributed by atoms with E-state index in [0.29, 0.717) is 17.0 Å². The predicted molar refractivity (Wildman–Crippen MR) is 148 cm³/mol. The second-order valence-corrected chi connectivity index (χ2v) is 14.9. The normalized spacial score (nSPS) is 28.2. The highest BCUT2D eigenvalue weighted by molar-refractivity contribution is 8.56. The van der Waals surface area contributed by atoms with Crippen LogP contribution >= 0.6 is 18.1 Å². The van der Waals surface area contributed by atoms with Crippen molar-refractivity contribution in [1.82, 2.24) is 29.9 Å². The van der Waals surface area contributed by atoms with E-state index in [1.807, 2.05) is 0 Å². The van der Waals surface area contributed by atoms with Crippen LogP contribution in [-0.2, 0) is 32.9 Å². The minimum Gasteiger partial charge on any atom is -0.479 e. The second kappa shape index (κ2) is 12.5. The molecule has 2 amide bonds. The molecule has 2 aliphatic heterocycles. The van der Waals surface area contributed by atoms with Crippen LogP contribution in [0.1, 0.15) is 46.2 Å². The molecule has 2 aromatic heterocycles. The number of rotatable bonds is 12. The van der Waals surface area contributed by atoms with E-state index in [-0.39, 0.29) is 18.1 Å². The number of ether oxygens (including phenoxy) is 3. The van der Waals surface area contributed by atoms with Crippen molar-refractivity contribution in [3.63, 3.8) is 0 Å². The van der Waals surface area contributed by atoms with Crippen LogP contribution in [0.25, 0.3) is 11.2 Å². The van der Waals surface area contributed by atoms with E-state index >= 15 is 0 Å². The standard InChI is InChI=1S/C24H35N6O10PS/c1-11(2)39-22(34)12(3)29-41(36,42-9-14-7-16(31)28-20(14)33)38-8-15-18(32)24(5,35)23(40-15)30-10-25-17-19(30)26-13(4)27-21(17)37-6/h10-12,14-15,18,23,32,35H,7-9H2,1-6H3,(H,29,36)(H,28,31,33)/t12?,14?,15?,18-,23-,24-,41?/m1/s1. The van der Waals surface area contributed by atoms with Crippen molar-refractivity contribution < 1.29 is 47.9 Å². The van der Waals surface area contributed by atoms with Gasteiger partial charge in [0.25, 0.3) is 0 Å². The van der Waals surface area contributed by atoms with Crippen molar-refractivity contribution in [2.45, 2.75) is 77.2 Å². The Balaban J connectivity index is 1.53. The van der Waals surface area contributed by atoms with Crippen LogP contribution in [0.5, 0.6) is 5.88 Å². The maximum Gasteiger partial charge on any atom is 0.327 e. The van der Waals surface area contributed by atoms with Gasteiger partial charge >= 0.3 is 12.7 Å². The van der Waals surface area contributed by atoms with Crippen molar-refractivity contribution >= 4 is 47.1 Å². The number of methoxy groups -OCH3 is 1. The molecule has 4 unspecified atom stereocenters. The molecule has 4 heterocycles. The molecule has 16 nitrogen and oxygen atoms in total. The maximum atomic E-state index is 13.9. The van der Waals surface area contributed by atoms with Gasteiger partial charge in [-0.25, -0.2) is 15.1 Å². The van der Waals surface area contributed by atoms with Gasteiger partial charge in [-0.05, 0) is 34.6 Å². The molecule has 0 aromatic carbocycles. The molecule has 2 aromatic rings. The van der Waals surface area contributed by atoms with Gasteiger partial charge in [0.05, 0.1) is 32.1 Å². The lowest BCUT2D eigenvalue weighted by atomic mass is 9.96. The van der Waals surface area contributed by atoms with Crippen LogP contribution in [0, 0.1) is 12.8 Å². The summed E-state index contributed by atoms with van der Waals surface area (Å²) in [6.07, 6.45) is -3.00. The highest BCUT2D eigenvalue weighted by Gasteiger charge is 2.54. The minimum absolute atomic E-state index is 0.0515. The van der Waals surface area contributed by atoms with Crippen molar-refractivity contribution in [2.24, 2.45) is 5.92 Å². The van der Waals surface area contributed by atoms with E-state index in [1.54, 1.807) is 20.8 Å². The summed E-state index contributed by atoms with van der Waals surface area (Å²) in [6.45, 7) is 3.34. The number of nitrogens with one attached hydrogen (secondary N) is 2. The molecule has 2 aliphatic rings. The van der Waals surface area contributed by atoms with E-state index in [0.717, 1.165) is 11.4 Å². The number of hydrogen-bond acceptors (Lipinski definition) is 14. The largest absolute Gasteiger partial charge is 0.479 e. The number of fused-ring (bicyclic) bond motifs is 1. The molecule has 4 N–H and O–H groups in total. The Labute approximate surface area is 245 Å². The Hall–Kier alpha value is -2.66. The topological polar surface area (TPSA) is 213 Å². The maximum absolute atomic E-state index is 13.9. The van der Waals surface area contributed by atoms with Gasteiger partial charge in [-0.1, -0.05) is 11.4 Å². The highest BCUT2D eigenvalue weighted by Crippen LogP contribution is 2.58. The number of carbonyl (C=O) groups is 3. The number of carbonyl (C=O) groups excluding carboxylic acids is 3. The number of aliphatic hydroxyl groups excluding tert-OH is 1. The first kappa shape index (κ1) is 32.3. The monoisotopic (exact) mass is 630 g/mol. The Morgan fingerprint density at radius 3 is 2.69 bits per heavy atom. The summed E-state index contributed by atoms with van der Waals surface area (Å²) in [5.74, 6) is -1.80. The van der Waals surface area contributed by atoms with Crippen LogP contribution in [0.2, 0.25) is 0 Å². The zero-order chi connectivity index (χ0) is 31.0. The molecule has 0 radical (unpaired) electrons. The van der Waals surface area contributed by atoms with Gasteiger partial charge in [0, 0.05) is 12.2 Å². The third-order valence-electron chi connectivity index (χ3n) is 6.68. The van der Waals surface area contributed by atoms with Crippen LogP contribution in [0.15, 0.2) is 6.33 Å². The minimum atomic E-state index is -3.98. The Kier molecular flexibility index (Phi) is 9.62. The lowest BCUT2D eigenvalue weighted by Gasteiger charge is -2.27. The lowest BCUT2D eigenvalue weighted by Crippen LogP contribution is -2.44. The van der Waals surface area contributed by atoms with Crippen molar-refractivity contribution in [3.05, 3.63) is 12.2 Å². The van der Waals surface area contributed by atoms with E-state index in [9.17, 15) is 29.2 Å². The summed E-state index contributed by atoms with van der Waals surface area (Å²) in [6, 6.07) is -1.06. The third-order valence-corrected chi connectivity index (χ3v) is 10.9. The van der Waals surface area contributed by atoms with Crippen LogP contribution in [0.4, 0.5) is 0 Å². The average molecular weight is 631 g/mol. The van der Waals surface area contributed by atoms with Crippen LogP contribution < -0.4 is 15.1 Å². The summed E-state index contributed by atoms with van der Waals surface area (Å²) < 4.78 is 37.6. The fourth-order valence-corrected chi connectivity index (χ4v) is 8.55. The Bertz CT molecular complexity index is 1400. The Morgan fingerprint density at radius 1 is 1.36 bits per heavy atom. The fraction of sp³-hybridized carbons (Fsp3) is 0.667. The number of imide groups is 1. The fourth-order valence-electron chi connectivity index (χ4n) is 4.52. The highest BCUT2D eigenvalue weighted by atomic mass is 32.7. The molecule has 0 aliphatic carbocycles. The summed E-state index contributed by atoms with van der Waals surface area (Å²) in [5.41, 5.74) is -1.25. The SMILES string of the molecule is COc1nc(C)nc2c1ncn2[C@@H]1OC(COP(=O)(NC(C)C(=O)OC(C)C)SCC2CC(=O)NC2=O)[C@@H](O)[C@@]1(C)O. The summed E-state index contributed by atoms with van der Waals surface area (Å²) in [7, 11) is 1.43.